The van der Waals surface area contributed by atoms with Crippen molar-refractivity contribution in [3.05, 3.63) is 0 Å². The molecule has 39 heavy (non-hydrogen) atoms. The number of urea groups is 1. The standard InChI is InChI=1S/C24H43N5O7S3/c1-24(2,3)36-23(33)28-16(21(31)26-13-14-38-39(4,34)35)9-7-8-12-25-19(30)11-6-5-10-18-20-17(15-37-18)27-22(32)29-20/h16-18,20H,5-15H2,1-4H3,(H,25,30)(H,26,31)(H,28,33)(H2,27,29,32)/t16-,17-,18-,20-/m0/s1. The van der Waals surface area contributed by atoms with Crippen molar-refractivity contribution < 1.29 is 32.3 Å². The van der Waals surface area contributed by atoms with Crippen LogP contribution < -0.4 is 26.6 Å². The molecule has 0 aromatic carbocycles. The van der Waals surface area contributed by atoms with E-state index in [0.717, 1.165) is 42.1 Å². The van der Waals surface area contributed by atoms with Gasteiger partial charge < -0.3 is 31.3 Å². The van der Waals surface area contributed by atoms with Crippen molar-refractivity contribution in [1.82, 2.24) is 26.6 Å². The molecule has 2 rings (SSSR count). The second-order valence-corrected chi connectivity index (χ2v) is 16.6. The summed E-state index contributed by atoms with van der Waals surface area (Å²) in [4.78, 5) is 48.5. The summed E-state index contributed by atoms with van der Waals surface area (Å²) in [5.41, 5.74) is -0.719. The van der Waals surface area contributed by atoms with Crippen LogP contribution in [0.15, 0.2) is 0 Å². The van der Waals surface area contributed by atoms with Crippen LogP contribution >= 0.6 is 22.6 Å². The number of carbonyl (C=O) groups is 4. The highest BCUT2D eigenvalue weighted by molar-refractivity contribution is 8.71. The first-order valence-corrected chi connectivity index (χ1v) is 17.7. The molecule has 2 heterocycles. The third kappa shape index (κ3) is 13.8. The van der Waals surface area contributed by atoms with Crippen LogP contribution in [-0.2, 0) is 23.2 Å². The van der Waals surface area contributed by atoms with E-state index in [4.69, 9.17) is 4.74 Å². The van der Waals surface area contributed by atoms with E-state index in [-0.39, 0.29) is 36.3 Å². The molecular weight excluding hydrogens is 566 g/mol. The maximum atomic E-state index is 12.6. The lowest BCUT2D eigenvalue weighted by atomic mass is 10.0. The summed E-state index contributed by atoms with van der Waals surface area (Å²) in [5.74, 6) is 0.683. The van der Waals surface area contributed by atoms with E-state index in [0.29, 0.717) is 37.5 Å². The summed E-state index contributed by atoms with van der Waals surface area (Å²) in [6, 6.07) is -0.546. The van der Waals surface area contributed by atoms with E-state index in [2.05, 4.69) is 26.6 Å². The fourth-order valence-corrected chi connectivity index (χ4v) is 7.46. The Bertz CT molecular complexity index is 958. The quantitative estimate of drug-likeness (QED) is 0.0992. The van der Waals surface area contributed by atoms with Gasteiger partial charge in [0.05, 0.1) is 12.1 Å². The van der Waals surface area contributed by atoms with Gasteiger partial charge in [0.1, 0.15) is 11.6 Å². The number of nitrogens with one attached hydrogen (secondary N) is 5. The third-order valence-electron chi connectivity index (χ3n) is 6.03. The van der Waals surface area contributed by atoms with Gasteiger partial charge in [0.15, 0.2) is 8.87 Å². The second-order valence-electron chi connectivity index (χ2n) is 10.7. The van der Waals surface area contributed by atoms with Crippen LogP contribution in [0.2, 0.25) is 0 Å². The van der Waals surface area contributed by atoms with Crippen molar-refractivity contribution in [2.45, 2.75) is 94.7 Å². The summed E-state index contributed by atoms with van der Waals surface area (Å²) in [6.07, 6.45) is 5.03. The van der Waals surface area contributed by atoms with Gasteiger partial charge in [-0.05, 0) is 63.7 Å². The number of rotatable bonds is 16. The zero-order valence-electron chi connectivity index (χ0n) is 23.2. The highest BCUT2D eigenvalue weighted by Gasteiger charge is 2.42. The second kappa shape index (κ2) is 15.8. The van der Waals surface area contributed by atoms with Gasteiger partial charge in [0.2, 0.25) is 11.8 Å². The van der Waals surface area contributed by atoms with E-state index < -0.39 is 32.5 Å². The molecule has 2 aliphatic heterocycles. The van der Waals surface area contributed by atoms with Crippen LogP contribution in [0, 0.1) is 0 Å². The smallest absolute Gasteiger partial charge is 0.408 e. The molecule has 0 aromatic rings. The molecule has 224 valence electrons. The zero-order valence-corrected chi connectivity index (χ0v) is 25.6. The van der Waals surface area contributed by atoms with Crippen LogP contribution in [0.3, 0.4) is 0 Å². The van der Waals surface area contributed by atoms with Crippen LogP contribution in [0.5, 0.6) is 0 Å². The fourth-order valence-electron chi connectivity index (χ4n) is 4.27. The van der Waals surface area contributed by atoms with E-state index in [9.17, 15) is 27.6 Å². The summed E-state index contributed by atoms with van der Waals surface area (Å²) in [7, 11) is -2.46. The molecular formula is C24H43N5O7S3. The number of amides is 5. The van der Waals surface area contributed by atoms with Crippen molar-refractivity contribution in [3.63, 3.8) is 0 Å². The molecule has 0 spiro atoms. The Hall–Kier alpha value is -1.87. The molecule has 5 amide bonds. The first kappa shape index (κ1) is 33.3. The predicted molar refractivity (Wildman–Crippen MR) is 154 cm³/mol. The van der Waals surface area contributed by atoms with Gasteiger partial charge in [-0.1, -0.05) is 6.42 Å². The Kier molecular flexibility index (Phi) is 13.5. The maximum absolute atomic E-state index is 12.6. The molecule has 5 N–H and O–H groups in total. The summed E-state index contributed by atoms with van der Waals surface area (Å²) in [5, 5.41) is 14.4. The largest absolute Gasteiger partial charge is 0.444 e. The molecule has 2 saturated heterocycles. The number of hydrogen-bond donors (Lipinski definition) is 5. The SMILES string of the molecule is CC(C)(C)OC(=O)N[C@@H](CCCCNC(=O)CCCC[C@@H]1SC[C@@H]2NC(=O)N[C@@H]21)C(=O)NCCSS(C)(=O)=O. The van der Waals surface area contributed by atoms with Crippen molar-refractivity contribution >= 4 is 55.4 Å². The molecule has 0 saturated carbocycles. The van der Waals surface area contributed by atoms with Gasteiger partial charge in [-0.3, -0.25) is 9.59 Å². The average Bonchev–Trinajstić information content (AvgIpc) is 3.35. The van der Waals surface area contributed by atoms with Gasteiger partial charge >= 0.3 is 12.1 Å². The minimum absolute atomic E-state index is 0.0210. The number of ether oxygens (including phenoxy) is 1. The Morgan fingerprint density at radius 1 is 1.10 bits per heavy atom. The first-order valence-electron chi connectivity index (χ1n) is 13.3. The van der Waals surface area contributed by atoms with Gasteiger partial charge in [0, 0.05) is 42.5 Å². The van der Waals surface area contributed by atoms with Crippen molar-refractivity contribution in [2.75, 3.05) is 30.9 Å². The van der Waals surface area contributed by atoms with E-state index in [1.54, 1.807) is 20.8 Å². The lowest BCUT2D eigenvalue weighted by Crippen LogP contribution is -2.48. The van der Waals surface area contributed by atoms with Gasteiger partial charge in [0.25, 0.3) is 0 Å². The molecule has 0 radical (unpaired) electrons. The van der Waals surface area contributed by atoms with Crippen LogP contribution in [-0.4, -0.2) is 92.2 Å². The number of alkyl carbamates (subject to hydrolysis) is 1. The molecule has 4 atom stereocenters. The number of fused-ring (bicyclic) bond motifs is 1. The Balaban J connectivity index is 1.64. The van der Waals surface area contributed by atoms with Gasteiger partial charge in [-0.15, -0.1) is 0 Å². The Morgan fingerprint density at radius 2 is 1.85 bits per heavy atom. The molecule has 0 unspecified atom stereocenters. The monoisotopic (exact) mass is 609 g/mol. The van der Waals surface area contributed by atoms with E-state index in [1.165, 1.54) is 0 Å². The molecule has 2 fully saturated rings. The Morgan fingerprint density at radius 3 is 2.54 bits per heavy atom. The lowest BCUT2D eigenvalue weighted by molar-refractivity contribution is -0.123. The van der Waals surface area contributed by atoms with Crippen LogP contribution in [0.4, 0.5) is 9.59 Å². The minimum Gasteiger partial charge on any atom is -0.444 e. The van der Waals surface area contributed by atoms with Gasteiger partial charge in [-0.2, -0.15) is 11.8 Å². The van der Waals surface area contributed by atoms with Crippen molar-refractivity contribution in [1.29, 1.82) is 0 Å². The average molecular weight is 610 g/mol. The van der Waals surface area contributed by atoms with Gasteiger partial charge in [-0.25, -0.2) is 18.0 Å². The summed E-state index contributed by atoms with van der Waals surface area (Å²) < 4.78 is 27.7. The molecule has 0 aliphatic carbocycles. The lowest BCUT2D eigenvalue weighted by Gasteiger charge is -2.23. The summed E-state index contributed by atoms with van der Waals surface area (Å²) >= 11 is 1.87. The van der Waals surface area contributed by atoms with E-state index >= 15 is 0 Å². The van der Waals surface area contributed by atoms with Crippen LogP contribution in [0.1, 0.15) is 65.7 Å². The highest BCUT2D eigenvalue weighted by Crippen LogP contribution is 2.33. The number of thioether (sulfide) groups is 1. The number of unbranched alkanes of at least 4 members (excludes halogenated alkanes) is 2. The third-order valence-corrected chi connectivity index (χ3v) is 10.1. The molecule has 12 nitrogen and oxygen atoms in total. The molecule has 0 aromatic heterocycles. The first-order chi connectivity index (χ1) is 18.2. The minimum atomic E-state index is -3.20. The maximum Gasteiger partial charge on any atom is 0.408 e. The fraction of sp³-hybridized carbons (Fsp3) is 0.833. The zero-order chi connectivity index (χ0) is 29.1. The predicted octanol–water partition coefficient (Wildman–Crippen LogP) is 1.70. The molecule has 0 bridgehead atoms. The van der Waals surface area contributed by atoms with Crippen molar-refractivity contribution in [2.24, 2.45) is 0 Å². The van der Waals surface area contributed by atoms with E-state index in [1.807, 2.05) is 11.8 Å². The summed E-state index contributed by atoms with van der Waals surface area (Å²) in [6.45, 7) is 5.78. The van der Waals surface area contributed by atoms with Crippen LogP contribution in [0.25, 0.3) is 0 Å². The molecule has 15 heteroatoms. The Labute approximate surface area is 239 Å². The number of hydrogen-bond acceptors (Lipinski definition) is 9. The number of carbonyl (C=O) groups excluding carboxylic acids is 4. The highest BCUT2D eigenvalue weighted by atomic mass is 33.1. The topological polar surface area (TPSA) is 172 Å². The molecule has 2 aliphatic rings. The normalized spacial score (nSPS) is 21.3. The van der Waals surface area contributed by atoms with Crippen molar-refractivity contribution in [3.8, 4) is 0 Å².